The molecule has 1 heterocycles. The van der Waals surface area contributed by atoms with Crippen molar-refractivity contribution in [3.05, 3.63) is 83.2 Å². The molecule has 0 bridgehead atoms. The molecule has 0 spiro atoms. The monoisotopic (exact) mass is 717 g/mol. The van der Waals surface area contributed by atoms with Crippen LogP contribution in [0.1, 0.15) is 11.1 Å². The minimum absolute atomic E-state index is 0.00178. The maximum atomic E-state index is 12.1. The minimum Gasteiger partial charge on any atom is -0.496 e. The highest BCUT2D eigenvalue weighted by Gasteiger charge is 2.18. The molecular formula is C26H19Cl3IN3O5S. The van der Waals surface area contributed by atoms with Gasteiger partial charge in [-0.3, -0.25) is 5.10 Å². The number of halogens is 4. The third kappa shape index (κ3) is 7.31. The molecule has 0 saturated carbocycles. The summed E-state index contributed by atoms with van der Waals surface area (Å²) < 4.78 is 17.6. The lowest BCUT2D eigenvalue weighted by Gasteiger charge is -2.14. The molecule has 0 amide bonds. The van der Waals surface area contributed by atoms with Gasteiger partial charge in [-0.2, -0.15) is 0 Å². The summed E-state index contributed by atoms with van der Waals surface area (Å²) in [7, 11) is 3.04. The van der Waals surface area contributed by atoms with Crippen LogP contribution >= 0.6 is 69.2 Å². The van der Waals surface area contributed by atoms with Crippen LogP contribution < -0.4 is 14.2 Å². The van der Waals surface area contributed by atoms with Gasteiger partial charge >= 0.3 is 5.97 Å². The van der Waals surface area contributed by atoms with E-state index in [1.54, 1.807) is 48.5 Å². The third-order valence-electron chi connectivity index (χ3n) is 5.23. The molecule has 39 heavy (non-hydrogen) atoms. The zero-order valence-corrected chi connectivity index (χ0v) is 25.5. The number of carboxylic acid groups (broad SMARTS) is 1. The zero-order chi connectivity index (χ0) is 28.1. The van der Waals surface area contributed by atoms with Crippen molar-refractivity contribution in [1.29, 1.82) is 0 Å². The van der Waals surface area contributed by atoms with Crippen LogP contribution in [0, 0.1) is 3.57 Å². The number of aromatic amines is 1. The normalized spacial score (nSPS) is 11.4. The van der Waals surface area contributed by atoms with Gasteiger partial charge in [0.2, 0.25) is 5.16 Å². The predicted octanol–water partition coefficient (Wildman–Crippen LogP) is 7.85. The molecule has 0 radical (unpaired) electrons. The van der Waals surface area contributed by atoms with Crippen molar-refractivity contribution in [1.82, 2.24) is 15.2 Å². The van der Waals surface area contributed by atoms with Gasteiger partial charge in [-0.25, -0.2) is 9.78 Å². The molecule has 8 nitrogen and oxygen atoms in total. The van der Waals surface area contributed by atoms with Crippen LogP contribution in [0.15, 0.2) is 58.6 Å². The van der Waals surface area contributed by atoms with Crippen LogP contribution in [-0.2, 0) is 11.4 Å². The molecule has 0 atom stereocenters. The second-order valence-corrected chi connectivity index (χ2v) is 11.2. The smallest absolute Gasteiger partial charge is 0.342 e. The Hall–Kier alpha value is -2.64. The van der Waals surface area contributed by atoms with Gasteiger partial charge < -0.3 is 19.3 Å². The van der Waals surface area contributed by atoms with Crippen molar-refractivity contribution in [2.45, 2.75) is 11.8 Å². The van der Waals surface area contributed by atoms with E-state index in [-0.39, 0.29) is 16.7 Å². The van der Waals surface area contributed by atoms with E-state index in [4.69, 9.17) is 49.0 Å². The molecule has 0 saturated heterocycles. The number of aliphatic carboxylic acids is 1. The van der Waals surface area contributed by atoms with Crippen LogP contribution in [0.3, 0.4) is 0 Å². The predicted molar refractivity (Wildman–Crippen MR) is 161 cm³/mol. The largest absolute Gasteiger partial charge is 0.496 e. The van der Waals surface area contributed by atoms with Gasteiger partial charge in [0, 0.05) is 20.6 Å². The summed E-state index contributed by atoms with van der Waals surface area (Å²) in [4.78, 5) is 16.5. The van der Waals surface area contributed by atoms with Gasteiger partial charge in [-0.05, 0) is 88.5 Å². The summed E-state index contributed by atoms with van der Waals surface area (Å²) in [6.07, 6.45) is 1.51. The molecule has 4 aromatic rings. The first-order valence-electron chi connectivity index (χ1n) is 11.0. The minimum atomic E-state index is -1.14. The van der Waals surface area contributed by atoms with Gasteiger partial charge in [0.05, 0.1) is 23.4 Å². The van der Waals surface area contributed by atoms with E-state index in [1.165, 1.54) is 20.3 Å². The number of nitrogens with zero attached hydrogens (tertiary/aromatic N) is 2. The number of hydrogen-bond donors (Lipinski definition) is 2. The summed E-state index contributed by atoms with van der Waals surface area (Å²) in [5, 5.41) is 18.6. The Morgan fingerprint density at radius 3 is 2.46 bits per heavy atom. The summed E-state index contributed by atoms with van der Waals surface area (Å²) in [6, 6.07) is 13.7. The van der Waals surface area contributed by atoms with Crippen molar-refractivity contribution in [2.75, 3.05) is 14.2 Å². The second kappa shape index (κ2) is 13.1. The number of hydrogen-bond acceptors (Lipinski definition) is 7. The van der Waals surface area contributed by atoms with Gasteiger partial charge in [0.1, 0.15) is 17.3 Å². The number of carbonyl (C=O) groups is 1. The van der Waals surface area contributed by atoms with E-state index < -0.39 is 5.97 Å². The molecule has 0 aliphatic carbocycles. The van der Waals surface area contributed by atoms with E-state index >= 15 is 0 Å². The van der Waals surface area contributed by atoms with Crippen molar-refractivity contribution >= 4 is 81.2 Å². The Morgan fingerprint density at radius 2 is 1.77 bits per heavy atom. The SMILES string of the molecule is COc1ccc(Cl)cc1-c1nc(S/C(=C\c2cc(I)c(OCc3ccc(Cl)cc3Cl)c(OC)c2)C(=O)O)n[nH]1. The Morgan fingerprint density at radius 1 is 1.05 bits per heavy atom. The van der Waals surface area contributed by atoms with Crippen LogP contribution in [0.5, 0.6) is 17.2 Å². The second-order valence-electron chi connectivity index (χ2n) is 7.79. The Bertz CT molecular complexity index is 1560. The quantitative estimate of drug-likeness (QED) is 0.0971. The van der Waals surface area contributed by atoms with E-state index in [2.05, 4.69) is 37.8 Å². The number of aromatic nitrogens is 3. The molecule has 13 heteroatoms. The van der Waals surface area contributed by atoms with Gasteiger partial charge in [-0.1, -0.05) is 40.9 Å². The number of carboxylic acids is 1. The molecule has 1 aromatic heterocycles. The van der Waals surface area contributed by atoms with E-state index in [0.29, 0.717) is 52.8 Å². The molecule has 0 fully saturated rings. The lowest BCUT2D eigenvalue weighted by molar-refractivity contribution is -0.131. The third-order valence-corrected chi connectivity index (χ3v) is 7.73. The lowest BCUT2D eigenvalue weighted by atomic mass is 10.2. The highest BCUT2D eigenvalue weighted by Crippen LogP contribution is 2.37. The highest BCUT2D eigenvalue weighted by molar-refractivity contribution is 14.1. The summed E-state index contributed by atoms with van der Waals surface area (Å²) in [5.74, 6) is 0.725. The van der Waals surface area contributed by atoms with E-state index in [9.17, 15) is 9.90 Å². The number of H-pyrrole nitrogens is 1. The van der Waals surface area contributed by atoms with Crippen molar-refractivity contribution in [3.8, 4) is 28.6 Å². The number of thioether (sulfide) groups is 1. The Labute approximate surface area is 256 Å². The fourth-order valence-electron chi connectivity index (χ4n) is 3.41. The number of nitrogens with one attached hydrogen (secondary N) is 1. The number of rotatable bonds is 10. The zero-order valence-electron chi connectivity index (χ0n) is 20.3. The first-order valence-corrected chi connectivity index (χ1v) is 14.0. The molecule has 0 unspecified atom stereocenters. The molecule has 2 N–H and O–H groups in total. The Kier molecular flexibility index (Phi) is 9.89. The highest BCUT2D eigenvalue weighted by atomic mass is 127. The molecule has 0 aliphatic heterocycles. The molecule has 3 aromatic carbocycles. The number of benzene rings is 3. The van der Waals surface area contributed by atoms with E-state index in [0.717, 1.165) is 17.3 Å². The number of ether oxygens (including phenoxy) is 3. The Balaban J connectivity index is 1.58. The maximum absolute atomic E-state index is 12.1. The topological polar surface area (TPSA) is 107 Å². The fraction of sp³-hybridized carbons (Fsp3) is 0.115. The van der Waals surface area contributed by atoms with Crippen molar-refractivity contribution in [3.63, 3.8) is 0 Å². The van der Waals surface area contributed by atoms with Crippen molar-refractivity contribution < 1.29 is 24.1 Å². The summed E-state index contributed by atoms with van der Waals surface area (Å²) in [5.41, 5.74) is 1.94. The standard InChI is InChI=1S/C26H19Cl3IN3O5S/c1-36-20-6-5-15(27)10-17(20)24-31-26(33-32-24)39-22(25(34)35)9-13-7-19(30)23(21(8-13)37-2)38-12-14-3-4-16(28)11-18(14)29/h3-11H,12H2,1-2H3,(H,34,35)(H,31,32,33)/b22-9-. The maximum Gasteiger partial charge on any atom is 0.342 e. The molecular weight excluding hydrogens is 700 g/mol. The molecule has 202 valence electrons. The average Bonchev–Trinajstić information content (AvgIpc) is 3.36. The lowest BCUT2D eigenvalue weighted by Crippen LogP contribution is -2.01. The van der Waals surface area contributed by atoms with Crippen LogP contribution in [0.25, 0.3) is 17.5 Å². The molecule has 0 aliphatic rings. The van der Waals surface area contributed by atoms with Crippen LogP contribution in [-0.4, -0.2) is 40.5 Å². The summed E-state index contributed by atoms with van der Waals surface area (Å²) in [6.45, 7) is 0.193. The summed E-state index contributed by atoms with van der Waals surface area (Å²) >= 11 is 21.3. The van der Waals surface area contributed by atoms with E-state index in [1.807, 2.05) is 0 Å². The number of methoxy groups -OCH3 is 2. The van der Waals surface area contributed by atoms with Crippen molar-refractivity contribution in [2.24, 2.45) is 0 Å². The van der Waals surface area contributed by atoms with Gasteiger partial charge in [0.15, 0.2) is 17.3 Å². The van der Waals surface area contributed by atoms with Gasteiger partial charge in [-0.15, -0.1) is 5.10 Å². The van der Waals surface area contributed by atoms with Crippen LogP contribution in [0.4, 0.5) is 0 Å². The van der Waals surface area contributed by atoms with Crippen LogP contribution in [0.2, 0.25) is 15.1 Å². The molecule has 4 rings (SSSR count). The first-order chi connectivity index (χ1) is 18.7. The fourth-order valence-corrected chi connectivity index (χ4v) is 5.54. The first kappa shape index (κ1) is 29.3. The van der Waals surface area contributed by atoms with Gasteiger partial charge in [0.25, 0.3) is 0 Å². The average molecular weight is 719 g/mol.